The van der Waals surface area contributed by atoms with Crippen molar-refractivity contribution in [1.29, 1.82) is 0 Å². The third kappa shape index (κ3) is 8.39. The zero-order valence-electron chi connectivity index (χ0n) is 20.4. The molecule has 2 N–H and O–H groups in total. The summed E-state index contributed by atoms with van der Waals surface area (Å²) < 4.78 is 23.1. The largest absolute Gasteiger partial charge is 0.478 e. The van der Waals surface area contributed by atoms with E-state index in [1.165, 1.54) is 82.4 Å². The minimum absolute atomic E-state index is 0.0125. The molecule has 0 amide bonds. The van der Waals surface area contributed by atoms with Gasteiger partial charge in [0.1, 0.15) is 0 Å². The summed E-state index contributed by atoms with van der Waals surface area (Å²) in [6.45, 7) is 0. The average molecular weight is 510 g/mol. The number of rotatable bonds is 6. The van der Waals surface area contributed by atoms with Crippen LogP contribution in [-0.4, -0.2) is 37.8 Å². The van der Waals surface area contributed by atoms with Crippen molar-refractivity contribution in [2.24, 2.45) is 5.92 Å². The standard InChI is InChI=1S/C15H17ClO4S.C12H23N/c1-21(19,20)14-7-6-11(9-13(14)16)12(15(17)18)8-10-4-2-3-5-10;1-3-7-11(8-4-1)13-12-9-5-2-6-10-12/h6-10H,2-5H2,1H3,(H,17,18);11-13H,1-10H2/b12-8+;. The molecule has 5 nitrogen and oxygen atoms in total. The number of benzene rings is 1. The Kier molecular flexibility index (Phi) is 10.5. The highest BCUT2D eigenvalue weighted by Gasteiger charge is 2.21. The molecule has 3 aliphatic rings. The fourth-order valence-corrected chi connectivity index (χ4v) is 6.82. The molecule has 4 rings (SSSR count). The molecule has 1 aromatic carbocycles. The normalized spacial score (nSPS) is 21.2. The summed E-state index contributed by atoms with van der Waals surface area (Å²) in [4.78, 5) is 11.5. The van der Waals surface area contributed by atoms with Crippen LogP contribution >= 0.6 is 11.6 Å². The van der Waals surface area contributed by atoms with E-state index >= 15 is 0 Å². The van der Waals surface area contributed by atoms with Gasteiger partial charge in [-0.25, -0.2) is 13.2 Å². The van der Waals surface area contributed by atoms with Crippen LogP contribution in [-0.2, 0) is 14.6 Å². The fourth-order valence-electron chi connectivity index (χ4n) is 5.49. The molecule has 0 atom stereocenters. The summed E-state index contributed by atoms with van der Waals surface area (Å²) in [5.74, 6) is -0.755. The zero-order valence-corrected chi connectivity index (χ0v) is 22.0. The lowest BCUT2D eigenvalue weighted by Crippen LogP contribution is -2.40. The molecular weight excluding hydrogens is 470 g/mol. The average Bonchev–Trinajstić information content (AvgIpc) is 3.32. The van der Waals surface area contributed by atoms with Gasteiger partial charge >= 0.3 is 5.97 Å². The minimum atomic E-state index is -3.42. The third-order valence-electron chi connectivity index (χ3n) is 7.36. The Labute approximate surface area is 210 Å². The van der Waals surface area contributed by atoms with Crippen LogP contribution in [0.25, 0.3) is 5.57 Å². The monoisotopic (exact) mass is 509 g/mol. The van der Waals surface area contributed by atoms with E-state index in [-0.39, 0.29) is 21.4 Å². The lowest BCUT2D eigenvalue weighted by atomic mass is 9.91. The van der Waals surface area contributed by atoms with E-state index in [9.17, 15) is 18.3 Å². The van der Waals surface area contributed by atoms with E-state index in [2.05, 4.69) is 5.32 Å². The molecule has 1 aromatic rings. The first-order chi connectivity index (χ1) is 16.2. The first-order valence-corrected chi connectivity index (χ1v) is 15.2. The second-order valence-electron chi connectivity index (χ2n) is 10.2. The van der Waals surface area contributed by atoms with Crippen LogP contribution in [0, 0.1) is 5.92 Å². The number of nitrogens with one attached hydrogen (secondary N) is 1. The van der Waals surface area contributed by atoms with Gasteiger partial charge in [-0.2, -0.15) is 0 Å². The van der Waals surface area contributed by atoms with Crippen LogP contribution in [0.4, 0.5) is 0 Å². The summed E-state index contributed by atoms with van der Waals surface area (Å²) in [6.07, 6.45) is 21.6. The SMILES string of the molecule is C1CCC(NC2CCCCC2)CC1.CS(=O)(=O)c1ccc(/C(=C\C2CCCC2)C(=O)O)cc1Cl. The van der Waals surface area contributed by atoms with E-state index in [0.717, 1.165) is 44.0 Å². The highest BCUT2D eigenvalue weighted by molar-refractivity contribution is 7.90. The van der Waals surface area contributed by atoms with Crippen molar-refractivity contribution in [2.45, 2.75) is 107 Å². The van der Waals surface area contributed by atoms with Crippen molar-refractivity contribution in [1.82, 2.24) is 5.32 Å². The molecule has 0 heterocycles. The van der Waals surface area contributed by atoms with Gasteiger partial charge in [0.25, 0.3) is 0 Å². The maximum atomic E-state index is 11.5. The number of carboxylic acid groups (broad SMARTS) is 1. The smallest absolute Gasteiger partial charge is 0.335 e. The van der Waals surface area contributed by atoms with Gasteiger partial charge in [-0.05, 0) is 62.1 Å². The second-order valence-corrected chi connectivity index (χ2v) is 12.6. The van der Waals surface area contributed by atoms with Crippen LogP contribution in [0.15, 0.2) is 29.2 Å². The summed E-state index contributed by atoms with van der Waals surface area (Å²) in [5, 5.41) is 13.3. The van der Waals surface area contributed by atoms with E-state index in [0.29, 0.717) is 5.56 Å². The van der Waals surface area contributed by atoms with Gasteiger partial charge in [-0.15, -0.1) is 0 Å². The van der Waals surface area contributed by atoms with E-state index < -0.39 is 15.8 Å². The van der Waals surface area contributed by atoms with Gasteiger partial charge in [0, 0.05) is 18.3 Å². The maximum absolute atomic E-state index is 11.5. The molecule has 3 fully saturated rings. The minimum Gasteiger partial charge on any atom is -0.478 e. The van der Waals surface area contributed by atoms with Gasteiger partial charge in [-0.1, -0.05) is 75.1 Å². The van der Waals surface area contributed by atoms with Gasteiger partial charge in [-0.3, -0.25) is 0 Å². The quantitative estimate of drug-likeness (QED) is 0.420. The number of sulfone groups is 1. The van der Waals surface area contributed by atoms with Crippen molar-refractivity contribution in [3.63, 3.8) is 0 Å². The molecule has 0 aromatic heterocycles. The van der Waals surface area contributed by atoms with Crippen LogP contribution < -0.4 is 5.32 Å². The second kappa shape index (κ2) is 13.1. The Bertz CT molecular complexity index is 925. The summed E-state index contributed by atoms with van der Waals surface area (Å²) >= 11 is 5.98. The van der Waals surface area contributed by atoms with Crippen molar-refractivity contribution in [3.05, 3.63) is 34.9 Å². The highest BCUT2D eigenvalue weighted by atomic mass is 35.5. The molecule has 190 valence electrons. The predicted molar refractivity (Wildman–Crippen MR) is 139 cm³/mol. The van der Waals surface area contributed by atoms with Crippen LogP contribution in [0.2, 0.25) is 5.02 Å². The molecule has 7 heteroatoms. The Morgan fingerprint density at radius 1 is 0.912 bits per heavy atom. The molecule has 0 aliphatic heterocycles. The van der Waals surface area contributed by atoms with Gasteiger partial charge < -0.3 is 10.4 Å². The van der Waals surface area contributed by atoms with Crippen molar-refractivity contribution in [3.8, 4) is 0 Å². The number of allylic oxidation sites excluding steroid dienone is 1. The summed E-state index contributed by atoms with van der Waals surface area (Å²) in [7, 11) is -3.42. The Hall–Kier alpha value is -1.37. The first-order valence-electron chi connectivity index (χ1n) is 12.9. The van der Waals surface area contributed by atoms with E-state index in [1.54, 1.807) is 6.08 Å². The predicted octanol–water partition coefficient (Wildman–Crippen LogP) is 6.64. The fraction of sp³-hybridized carbons (Fsp3) is 0.667. The topological polar surface area (TPSA) is 83.5 Å². The van der Waals surface area contributed by atoms with Crippen LogP contribution in [0.5, 0.6) is 0 Å². The Morgan fingerprint density at radius 3 is 1.85 bits per heavy atom. The molecule has 0 unspecified atom stereocenters. The van der Waals surface area contributed by atoms with E-state index in [4.69, 9.17) is 11.6 Å². The number of carbonyl (C=O) groups is 1. The first kappa shape index (κ1) is 27.2. The van der Waals surface area contributed by atoms with Gasteiger partial charge in [0.05, 0.1) is 15.5 Å². The summed E-state index contributed by atoms with van der Waals surface area (Å²) in [5.41, 5.74) is 0.621. The van der Waals surface area contributed by atoms with Crippen molar-refractivity contribution < 1.29 is 18.3 Å². The number of carboxylic acids is 1. The third-order valence-corrected chi connectivity index (χ3v) is 8.94. The van der Waals surface area contributed by atoms with E-state index in [1.807, 2.05) is 0 Å². The van der Waals surface area contributed by atoms with Crippen LogP contribution in [0.3, 0.4) is 0 Å². The zero-order chi connectivity index (χ0) is 24.6. The van der Waals surface area contributed by atoms with Crippen LogP contribution in [0.1, 0.15) is 95.5 Å². The van der Waals surface area contributed by atoms with Gasteiger partial charge in [0.15, 0.2) is 9.84 Å². The molecule has 0 spiro atoms. The molecule has 0 radical (unpaired) electrons. The molecule has 3 aliphatic carbocycles. The number of aliphatic carboxylic acids is 1. The molecular formula is C27H40ClNO4S. The lowest BCUT2D eigenvalue weighted by Gasteiger charge is -2.30. The van der Waals surface area contributed by atoms with Crippen molar-refractivity contribution >= 4 is 33.0 Å². The number of hydrogen-bond donors (Lipinski definition) is 2. The summed E-state index contributed by atoms with van der Waals surface area (Å²) in [6, 6.07) is 6.01. The number of halogens is 1. The lowest BCUT2D eigenvalue weighted by molar-refractivity contribution is -0.130. The van der Waals surface area contributed by atoms with Crippen molar-refractivity contribution in [2.75, 3.05) is 6.26 Å². The Morgan fingerprint density at radius 2 is 1.41 bits per heavy atom. The number of hydrogen-bond acceptors (Lipinski definition) is 4. The highest BCUT2D eigenvalue weighted by Crippen LogP contribution is 2.31. The molecule has 0 saturated heterocycles. The molecule has 0 bridgehead atoms. The Balaban J connectivity index is 0.000000212. The molecule has 3 saturated carbocycles. The van der Waals surface area contributed by atoms with Gasteiger partial charge in [0.2, 0.25) is 0 Å². The molecule has 34 heavy (non-hydrogen) atoms. The maximum Gasteiger partial charge on any atom is 0.335 e.